The third kappa shape index (κ3) is 4.79. The quantitative estimate of drug-likeness (QED) is 0.705. The van der Waals surface area contributed by atoms with Crippen LogP contribution in [0, 0.1) is 19.7 Å². The Balaban J connectivity index is 1.66. The van der Waals surface area contributed by atoms with Gasteiger partial charge in [-0.25, -0.2) is 4.39 Å². The van der Waals surface area contributed by atoms with Crippen molar-refractivity contribution in [2.45, 2.75) is 20.4 Å². The number of pyridine rings is 1. The number of nitrogens with one attached hydrogen (secondary N) is 2. The molecule has 3 rings (SSSR count). The average molecular weight is 377 g/mol. The summed E-state index contributed by atoms with van der Waals surface area (Å²) in [6.45, 7) is 4.21. The van der Waals surface area contributed by atoms with Crippen molar-refractivity contribution in [1.82, 2.24) is 10.3 Å². The highest BCUT2D eigenvalue weighted by molar-refractivity contribution is 6.05. The van der Waals surface area contributed by atoms with Gasteiger partial charge in [-0.2, -0.15) is 0 Å². The van der Waals surface area contributed by atoms with Crippen LogP contribution in [-0.4, -0.2) is 16.8 Å². The van der Waals surface area contributed by atoms with E-state index in [2.05, 4.69) is 15.6 Å². The lowest BCUT2D eigenvalue weighted by atomic mass is 10.1. The first kappa shape index (κ1) is 19.2. The Morgan fingerprint density at radius 1 is 0.929 bits per heavy atom. The number of hydrogen-bond acceptors (Lipinski definition) is 3. The molecule has 5 nitrogen and oxygen atoms in total. The van der Waals surface area contributed by atoms with Crippen molar-refractivity contribution < 1.29 is 14.0 Å². The van der Waals surface area contributed by atoms with Crippen LogP contribution in [0.5, 0.6) is 0 Å². The van der Waals surface area contributed by atoms with Crippen molar-refractivity contribution >= 4 is 17.5 Å². The van der Waals surface area contributed by atoms with Crippen molar-refractivity contribution in [2.75, 3.05) is 5.32 Å². The van der Waals surface area contributed by atoms with Gasteiger partial charge >= 0.3 is 0 Å². The Morgan fingerprint density at radius 2 is 1.68 bits per heavy atom. The molecule has 0 fully saturated rings. The van der Waals surface area contributed by atoms with E-state index in [9.17, 15) is 14.0 Å². The van der Waals surface area contributed by atoms with E-state index in [4.69, 9.17) is 0 Å². The number of hydrogen-bond donors (Lipinski definition) is 2. The first-order valence-corrected chi connectivity index (χ1v) is 8.79. The van der Waals surface area contributed by atoms with E-state index in [0.717, 1.165) is 16.7 Å². The molecule has 0 radical (unpaired) electrons. The number of nitrogens with zero attached hydrogens (tertiary/aromatic N) is 1. The number of aromatic nitrogens is 1. The summed E-state index contributed by atoms with van der Waals surface area (Å²) in [5.74, 6) is -1.07. The van der Waals surface area contributed by atoms with Crippen LogP contribution in [0.3, 0.4) is 0 Å². The van der Waals surface area contributed by atoms with E-state index in [1.165, 1.54) is 24.4 Å². The van der Waals surface area contributed by atoms with Gasteiger partial charge in [0.05, 0.1) is 0 Å². The number of rotatable bonds is 5. The van der Waals surface area contributed by atoms with Gasteiger partial charge < -0.3 is 10.6 Å². The largest absolute Gasteiger partial charge is 0.347 e. The molecule has 0 aliphatic rings. The van der Waals surface area contributed by atoms with Crippen LogP contribution < -0.4 is 10.6 Å². The zero-order valence-corrected chi connectivity index (χ0v) is 15.6. The van der Waals surface area contributed by atoms with Crippen molar-refractivity contribution in [3.8, 4) is 0 Å². The van der Waals surface area contributed by atoms with E-state index >= 15 is 0 Å². The molecule has 2 N–H and O–H groups in total. The molecule has 6 heteroatoms. The number of aryl methyl sites for hydroxylation is 2. The maximum atomic E-state index is 12.9. The standard InChI is InChI=1S/C22H20FN3O2/c1-14-3-8-19(11-15(14)2)26-21(27)17-9-10-24-20(12-17)22(28)25-13-16-4-6-18(23)7-5-16/h3-12H,13H2,1-2H3,(H,25,28)(H,26,27). The number of carbonyl (C=O) groups excluding carboxylic acids is 2. The molecular formula is C22H20FN3O2. The summed E-state index contributed by atoms with van der Waals surface area (Å²) in [4.78, 5) is 28.8. The van der Waals surface area contributed by atoms with Gasteiger partial charge in [0.1, 0.15) is 11.5 Å². The second-order valence-corrected chi connectivity index (χ2v) is 6.49. The number of halogens is 1. The van der Waals surface area contributed by atoms with E-state index in [1.54, 1.807) is 18.2 Å². The maximum absolute atomic E-state index is 12.9. The van der Waals surface area contributed by atoms with E-state index in [0.29, 0.717) is 11.3 Å². The minimum atomic E-state index is -0.412. The van der Waals surface area contributed by atoms with Crippen LogP contribution in [0.25, 0.3) is 0 Å². The van der Waals surface area contributed by atoms with Crippen LogP contribution in [-0.2, 0) is 6.54 Å². The van der Waals surface area contributed by atoms with Gasteiger partial charge in [0.15, 0.2) is 0 Å². The molecule has 2 amide bonds. The second kappa shape index (κ2) is 8.43. The number of amides is 2. The smallest absolute Gasteiger partial charge is 0.270 e. The van der Waals surface area contributed by atoms with Crippen LogP contribution in [0.1, 0.15) is 37.5 Å². The fourth-order valence-corrected chi connectivity index (χ4v) is 2.59. The summed E-state index contributed by atoms with van der Waals surface area (Å²) in [5, 5.41) is 5.53. The van der Waals surface area contributed by atoms with Gasteiger partial charge in [0.25, 0.3) is 11.8 Å². The topological polar surface area (TPSA) is 71.1 Å². The van der Waals surface area contributed by atoms with Crippen LogP contribution in [0.4, 0.5) is 10.1 Å². The number of carbonyl (C=O) groups is 2. The zero-order valence-electron chi connectivity index (χ0n) is 15.6. The minimum absolute atomic E-state index is 0.134. The Hall–Kier alpha value is -3.54. The van der Waals surface area contributed by atoms with Crippen molar-refractivity contribution in [3.05, 3.63) is 94.6 Å². The molecule has 0 atom stereocenters. The lowest BCUT2D eigenvalue weighted by molar-refractivity contribution is 0.0946. The predicted octanol–water partition coefficient (Wildman–Crippen LogP) is 4.02. The fourth-order valence-electron chi connectivity index (χ4n) is 2.59. The van der Waals surface area contributed by atoms with Crippen LogP contribution in [0.2, 0.25) is 0 Å². The molecule has 0 unspecified atom stereocenters. The molecule has 1 aromatic heterocycles. The molecule has 0 aliphatic carbocycles. The van der Waals surface area contributed by atoms with E-state index in [1.807, 2.05) is 32.0 Å². The summed E-state index contributed by atoms with van der Waals surface area (Å²) >= 11 is 0. The Labute approximate surface area is 162 Å². The van der Waals surface area contributed by atoms with Gasteiger partial charge in [0.2, 0.25) is 0 Å². The molecule has 0 saturated heterocycles. The van der Waals surface area contributed by atoms with Crippen LogP contribution in [0.15, 0.2) is 60.8 Å². The minimum Gasteiger partial charge on any atom is -0.347 e. The Morgan fingerprint density at radius 3 is 2.39 bits per heavy atom. The molecule has 0 bridgehead atoms. The molecule has 0 aliphatic heterocycles. The van der Waals surface area contributed by atoms with Gasteiger partial charge in [0, 0.05) is 24.0 Å². The summed E-state index contributed by atoms with van der Waals surface area (Å²) in [6.07, 6.45) is 1.42. The molecule has 0 saturated carbocycles. The highest BCUT2D eigenvalue weighted by Gasteiger charge is 2.12. The molecule has 0 spiro atoms. The summed E-state index contributed by atoms with van der Waals surface area (Å²) in [5.41, 5.74) is 4.14. The molecule has 142 valence electrons. The summed E-state index contributed by atoms with van der Waals surface area (Å²) in [7, 11) is 0. The molecule has 28 heavy (non-hydrogen) atoms. The van der Waals surface area contributed by atoms with Gasteiger partial charge in [-0.05, 0) is 66.9 Å². The third-order valence-electron chi connectivity index (χ3n) is 4.39. The Bertz CT molecular complexity index is 1020. The van der Waals surface area contributed by atoms with E-state index < -0.39 is 5.91 Å². The average Bonchev–Trinajstić information content (AvgIpc) is 2.70. The number of benzene rings is 2. The highest BCUT2D eigenvalue weighted by atomic mass is 19.1. The summed E-state index contributed by atoms with van der Waals surface area (Å²) < 4.78 is 12.9. The molecule has 3 aromatic rings. The van der Waals surface area contributed by atoms with Crippen molar-refractivity contribution in [2.24, 2.45) is 0 Å². The van der Waals surface area contributed by atoms with Crippen LogP contribution >= 0.6 is 0 Å². The third-order valence-corrected chi connectivity index (χ3v) is 4.39. The Kier molecular flexibility index (Phi) is 5.79. The molecule has 1 heterocycles. The van der Waals surface area contributed by atoms with Crippen molar-refractivity contribution in [1.29, 1.82) is 0 Å². The number of anilines is 1. The van der Waals surface area contributed by atoms with Crippen molar-refractivity contribution in [3.63, 3.8) is 0 Å². The van der Waals surface area contributed by atoms with Gasteiger partial charge in [-0.1, -0.05) is 18.2 Å². The second-order valence-electron chi connectivity index (χ2n) is 6.49. The highest BCUT2D eigenvalue weighted by Crippen LogP contribution is 2.15. The monoisotopic (exact) mass is 377 g/mol. The predicted molar refractivity (Wildman–Crippen MR) is 106 cm³/mol. The normalized spacial score (nSPS) is 10.4. The zero-order chi connectivity index (χ0) is 20.1. The van der Waals surface area contributed by atoms with Gasteiger partial charge in [-0.15, -0.1) is 0 Å². The fraction of sp³-hybridized carbons (Fsp3) is 0.136. The molecular weight excluding hydrogens is 357 g/mol. The van der Waals surface area contributed by atoms with E-state index in [-0.39, 0.29) is 24.0 Å². The maximum Gasteiger partial charge on any atom is 0.270 e. The summed E-state index contributed by atoms with van der Waals surface area (Å²) in [6, 6.07) is 14.5. The lowest BCUT2D eigenvalue weighted by Gasteiger charge is -2.09. The lowest BCUT2D eigenvalue weighted by Crippen LogP contribution is -2.24. The first-order valence-electron chi connectivity index (χ1n) is 8.79. The SMILES string of the molecule is Cc1ccc(NC(=O)c2ccnc(C(=O)NCc3ccc(F)cc3)c2)cc1C. The van der Waals surface area contributed by atoms with Gasteiger partial charge in [-0.3, -0.25) is 14.6 Å². The molecule has 2 aromatic carbocycles. The first-order chi connectivity index (χ1) is 13.4.